The number of carbonyl (C=O) groups excluding carboxylic acids is 4. The highest BCUT2D eigenvalue weighted by Gasteiger charge is 2.50. The lowest BCUT2D eigenvalue weighted by Gasteiger charge is -2.41. The van der Waals surface area contributed by atoms with Crippen LogP contribution in [0.3, 0.4) is 0 Å². The number of nitrogens with zero attached hydrogens (tertiary/aromatic N) is 1. The molecular formula is C19H20FNO8. The Balaban J connectivity index is 1.83. The average molecular weight is 409 g/mol. The van der Waals surface area contributed by atoms with Crippen molar-refractivity contribution in [3.8, 4) is 0 Å². The zero-order chi connectivity index (χ0) is 21.3. The SMILES string of the molecule is CC(=O)OC[C@H]1O[C@@H](ON2C(=O)c3ccccc3C2=O)[C@H](OC(C)=O)[C@@H](C)[C@H]1F. The zero-order valence-electron chi connectivity index (χ0n) is 16.0. The lowest BCUT2D eigenvalue weighted by atomic mass is 9.92. The van der Waals surface area contributed by atoms with Crippen molar-refractivity contribution < 1.29 is 42.6 Å². The molecule has 156 valence electrons. The van der Waals surface area contributed by atoms with E-state index in [1.807, 2.05) is 0 Å². The van der Waals surface area contributed by atoms with Crippen LogP contribution in [-0.2, 0) is 28.6 Å². The number of hydroxylamine groups is 2. The van der Waals surface area contributed by atoms with Crippen molar-refractivity contribution in [2.75, 3.05) is 6.61 Å². The van der Waals surface area contributed by atoms with Crippen LogP contribution in [0.15, 0.2) is 24.3 Å². The van der Waals surface area contributed by atoms with Crippen molar-refractivity contribution in [1.82, 2.24) is 5.06 Å². The Labute approximate surface area is 165 Å². The van der Waals surface area contributed by atoms with E-state index in [0.717, 1.165) is 13.8 Å². The van der Waals surface area contributed by atoms with Gasteiger partial charge in [-0.15, -0.1) is 5.06 Å². The Bertz CT molecular complexity index is 806. The predicted octanol–water partition coefficient (Wildman–Crippen LogP) is 1.41. The second kappa shape index (κ2) is 8.26. The summed E-state index contributed by atoms with van der Waals surface area (Å²) in [6, 6.07) is 6.12. The van der Waals surface area contributed by atoms with Gasteiger partial charge in [-0.05, 0) is 12.1 Å². The van der Waals surface area contributed by atoms with Gasteiger partial charge >= 0.3 is 11.9 Å². The van der Waals surface area contributed by atoms with Crippen molar-refractivity contribution >= 4 is 23.8 Å². The molecule has 1 saturated heterocycles. The molecular weight excluding hydrogens is 389 g/mol. The number of esters is 2. The summed E-state index contributed by atoms with van der Waals surface area (Å²) in [5.74, 6) is -3.71. The summed E-state index contributed by atoms with van der Waals surface area (Å²) >= 11 is 0. The molecule has 2 aliphatic heterocycles. The Morgan fingerprint density at radius 1 is 1.10 bits per heavy atom. The van der Waals surface area contributed by atoms with Crippen LogP contribution in [-0.4, -0.2) is 60.1 Å². The molecule has 5 atom stereocenters. The summed E-state index contributed by atoms with van der Waals surface area (Å²) in [5, 5.41) is 0.500. The molecule has 1 aromatic carbocycles. The van der Waals surface area contributed by atoms with E-state index in [1.165, 1.54) is 19.1 Å². The smallest absolute Gasteiger partial charge is 0.303 e. The molecule has 2 aliphatic rings. The highest BCUT2D eigenvalue weighted by molar-refractivity contribution is 6.20. The minimum atomic E-state index is -1.65. The first kappa shape index (κ1) is 20.9. The van der Waals surface area contributed by atoms with Crippen molar-refractivity contribution in [3.05, 3.63) is 35.4 Å². The van der Waals surface area contributed by atoms with Gasteiger partial charge in [0.2, 0.25) is 6.29 Å². The third kappa shape index (κ3) is 4.13. The van der Waals surface area contributed by atoms with Gasteiger partial charge in [0.15, 0.2) is 6.10 Å². The van der Waals surface area contributed by atoms with E-state index in [1.54, 1.807) is 12.1 Å². The first-order valence-electron chi connectivity index (χ1n) is 8.95. The summed E-state index contributed by atoms with van der Waals surface area (Å²) in [7, 11) is 0. The van der Waals surface area contributed by atoms with Gasteiger partial charge < -0.3 is 14.2 Å². The van der Waals surface area contributed by atoms with Crippen LogP contribution in [0.1, 0.15) is 41.5 Å². The molecule has 0 aliphatic carbocycles. The maximum atomic E-state index is 14.7. The van der Waals surface area contributed by atoms with Gasteiger partial charge in [-0.2, -0.15) is 0 Å². The summed E-state index contributed by atoms with van der Waals surface area (Å²) in [6.45, 7) is 3.34. The number of ether oxygens (including phenoxy) is 3. The van der Waals surface area contributed by atoms with Crippen LogP contribution in [0.25, 0.3) is 0 Å². The minimum Gasteiger partial charge on any atom is -0.463 e. The number of fused-ring (bicyclic) bond motifs is 1. The lowest BCUT2D eigenvalue weighted by Crippen LogP contribution is -2.57. The predicted molar refractivity (Wildman–Crippen MR) is 92.9 cm³/mol. The minimum absolute atomic E-state index is 0.144. The number of hydrogen-bond donors (Lipinski definition) is 0. The molecule has 0 radical (unpaired) electrons. The molecule has 0 spiro atoms. The zero-order valence-corrected chi connectivity index (χ0v) is 16.0. The van der Waals surface area contributed by atoms with Crippen molar-refractivity contribution in [3.63, 3.8) is 0 Å². The summed E-state index contributed by atoms with van der Waals surface area (Å²) in [4.78, 5) is 53.0. The van der Waals surface area contributed by atoms with E-state index in [0.29, 0.717) is 5.06 Å². The number of benzene rings is 1. The third-order valence-electron chi connectivity index (χ3n) is 4.67. The van der Waals surface area contributed by atoms with E-state index in [-0.39, 0.29) is 11.1 Å². The van der Waals surface area contributed by atoms with Crippen molar-refractivity contribution in [2.45, 2.75) is 45.4 Å². The first-order chi connectivity index (χ1) is 13.7. The lowest BCUT2D eigenvalue weighted by molar-refractivity contribution is -0.324. The maximum absolute atomic E-state index is 14.7. The number of halogens is 1. The fourth-order valence-corrected chi connectivity index (χ4v) is 3.23. The van der Waals surface area contributed by atoms with Crippen molar-refractivity contribution in [1.29, 1.82) is 0 Å². The Morgan fingerprint density at radius 2 is 1.69 bits per heavy atom. The number of amides is 2. The molecule has 0 unspecified atom stereocenters. The van der Waals surface area contributed by atoms with Crippen LogP contribution in [0.5, 0.6) is 0 Å². The normalized spacial score (nSPS) is 28.8. The Hall–Kier alpha value is -2.85. The van der Waals surface area contributed by atoms with Gasteiger partial charge in [0, 0.05) is 19.8 Å². The van der Waals surface area contributed by atoms with Crippen LogP contribution in [0.4, 0.5) is 4.39 Å². The van der Waals surface area contributed by atoms with Gasteiger partial charge in [0.05, 0.1) is 11.1 Å². The topological polar surface area (TPSA) is 108 Å². The molecule has 1 aromatic rings. The molecule has 1 fully saturated rings. The van der Waals surface area contributed by atoms with E-state index in [9.17, 15) is 23.6 Å². The number of alkyl halides is 1. The fourth-order valence-electron chi connectivity index (χ4n) is 3.23. The largest absolute Gasteiger partial charge is 0.463 e. The molecule has 0 aromatic heterocycles. The average Bonchev–Trinajstić information content (AvgIpc) is 2.91. The van der Waals surface area contributed by atoms with Crippen LogP contribution in [0, 0.1) is 5.92 Å². The van der Waals surface area contributed by atoms with E-state index in [2.05, 4.69) is 0 Å². The first-order valence-corrected chi connectivity index (χ1v) is 8.95. The van der Waals surface area contributed by atoms with Gasteiger partial charge in [0.1, 0.15) is 18.9 Å². The van der Waals surface area contributed by atoms with Gasteiger partial charge in [-0.1, -0.05) is 19.1 Å². The second-order valence-electron chi connectivity index (χ2n) is 6.78. The molecule has 2 heterocycles. The maximum Gasteiger partial charge on any atom is 0.303 e. The van der Waals surface area contributed by atoms with Gasteiger partial charge in [0.25, 0.3) is 11.8 Å². The summed E-state index contributed by atoms with van der Waals surface area (Å²) < 4.78 is 30.2. The summed E-state index contributed by atoms with van der Waals surface area (Å²) in [6.07, 6.45) is -5.59. The fraction of sp³-hybridized carbons (Fsp3) is 0.474. The van der Waals surface area contributed by atoms with Crippen LogP contribution in [0.2, 0.25) is 0 Å². The Kier molecular flexibility index (Phi) is 5.94. The van der Waals surface area contributed by atoms with Gasteiger partial charge in [-0.25, -0.2) is 9.23 Å². The molecule has 10 heteroatoms. The van der Waals surface area contributed by atoms with E-state index >= 15 is 0 Å². The molecule has 3 rings (SSSR count). The van der Waals surface area contributed by atoms with Crippen LogP contribution < -0.4 is 0 Å². The molecule has 29 heavy (non-hydrogen) atoms. The molecule has 0 N–H and O–H groups in total. The Morgan fingerprint density at radius 3 is 2.21 bits per heavy atom. The second-order valence-corrected chi connectivity index (χ2v) is 6.78. The monoisotopic (exact) mass is 409 g/mol. The van der Waals surface area contributed by atoms with E-state index in [4.69, 9.17) is 19.0 Å². The molecule has 9 nitrogen and oxygen atoms in total. The number of carbonyl (C=O) groups is 4. The third-order valence-corrected chi connectivity index (χ3v) is 4.67. The quantitative estimate of drug-likeness (QED) is 0.531. The number of imide groups is 1. The molecule has 2 amide bonds. The van der Waals surface area contributed by atoms with Crippen LogP contribution >= 0.6 is 0 Å². The summed E-state index contributed by atoms with van der Waals surface area (Å²) in [5.41, 5.74) is 0.287. The number of rotatable bonds is 5. The standard InChI is InChI=1S/C19H20FNO8/c1-9-15(20)14(8-26-10(2)22)28-19(16(9)27-11(3)23)29-21-17(24)12-6-4-5-7-13(12)18(21)25/h4-7,9,14-16,19H,8H2,1-3H3/t9-,14+,15+,16+,19-/m0/s1. The van der Waals surface area contributed by atoms with E-state index < -0.39 is 60.9 Å². The van der Waals surface area contributed by atoms with Crippen molar-refractivity contribution in [2.24, 2.45) is 5.92 Å². The number of hydrogen-bond acceptors (Lipinski definition) is 8. The molecule has 0 bridgehead atoms. The molecule has 0 saturated carbocycles. The van der Waals surface area contributed by atoms with Gasteiger partial charge in [-0.3, -0.25) is 19.2 Å². The highest BCUT2D eigenvalue weighted by Crippen LogP contribution is 2.33. The highest BCUT2D eigenvalue weighted by atomic mass is 19.1.